The van der Waals surface area contributed by atoms with Crippen LogP contribution in [-0.2, 0) is 4.74 Å². The number of carbonyl (C=O) groups is 1. The summed E-state index contributed by atoms with van der Waals surface area (Å²) >= 11 is 0. The topological polar surface area (TPSA) is 63.5 Å². The minimum Gasteiger partial charge on any atom is -0.459 e. The number of hydrogen-bond acceptors (Lipinski definition) is 4. The predicted molar refractivity (Wildman–Crippen MR) is 65.4 cm³/mol. The van der Waals surface area contributed by atoms with Crippen molar-refractivity contribution in [3.63, 3.8) is 0 Å². The summed E-state index contributed by atoms with van der Waals surface area (Å²) in [6.07, 6.45) is 4.29. The fourth-order valence-corrected chi connectivity index (χ4v) is 2.83. The third kappa shape index (κ3) is 2.28. The van der Waals surface area contributed by atoms with Crippen LogP contribution in [0.25, 0.3) is 0 Å². The van der Waals surface area contributed by atoms with Crippen molar-refractivity contribution in [2.45, 2.75) is 30.9 Å². The van der Waals surface area contributed by atoms with Crippen LogP contribution in [0.5, 0.6) is 0 Å². The Morgan fingerprint density at radius 1 is 1.56 bits per heavy atom. The molecule has 0 bridgehead atoms. The molecule has 2 aliphatic rings. The zero-order chi connectivity index (χ0) is 12.4. The highest BCUT2D eigenvalue weighted by molar-refractivity contribution is 5.91. The highest BCUT2D eigenvalue weighted by Gasteiger charge is 2.40. The molecule has 1 amide bonds. The molecule has 2 saturated heterocycles. The average Bonchev–Trinajstić information content (AvgIpc) is 3.01. The van der Waals surface area contributed by atoms with Crippen molar-refractivity contribution in [1.29, 1.82) is 0 Å². The maximum Gasteiger partial charge on any atom is 0.287 e. The second-order valence-electron chi connectivity index (χ2n) is 5.10. The molecular formula is C13H18N2O3. The van der Waals surface area contributed by atoms with E-state index in [-0.39, 0.29) is 17.6 Å². The van der Waals surface area contributed by atoms with Crippen molar-refractivity contribution in [3.05, 3.63) is 24.2 Å². The van der Waals surface area contributed by atoms with Gasteiger partial charge in [-0.15, -0.1) is 0 Å². The summed E-state index contributed by atoms with van der Waals surface area (Å²) in [7, 11) is 0. The maximum absolute atomic E-state index is 11.9. The summed E-state index contributed by atoms with van der Waals surface area (Å²) in [6, 6.07) is 3.58. The highest BCUT2D eigenvalue weighted by atomic mass is 16.5. The monoisotopic (exact) mass is 250 g/mol. The van der Waals surface area contributed by atoms with Crippen molar-refractivity contribution in [1.82, 2.24) is 10.6 Å². The molecule has 18 heavy (non-hydrogen) atoms. The second kappa shape index (κ2) is 4.74. The van der Waals surface area contributed by atoms with Gasteiger partial charge in [0, 0.05) is 19.2 Å². The molecule has 2 atom stereocenters. The number of carbonyl (C=O) groups excluding carboxylic acids is 1. The van der Waals surface area contributed by atoms with Gasteiger partial charge in [0.05, 0.1) is 11.9 Å². The Morgan fingerprint density at radius 2 is 2.50 bits per heavy atom. The number of hydrogen-bond donors (Lipinski definition) is 2. The van der Waals surface area contributed by atoms with Crippen LogP contribution in [0.2, 0.25) is 0 Å². The molecule has 2 aliphatic heterocycles. The molecule has 2 N–H and O–H groups in total. The number of ether oxygens (including phenoxy) is 1. The van der Waals surface area contributed by atoms with Crippen LogP contribution >= 0.6 is 0 Å². The van der Waals surface area contributed by atoms with E-state index < -0.39 is 0 Å². The SMILES string of the molecule is O=C(N[C@@H]1CCO[C@]2(CCNC2)C1)c1ccco1. The lowest BCUT2D eigenvalue weighted by atomic mass is 9.89. The normalized spacial score (nSPS) is 31.7. The Bertz CT molecular complexity index is 410. The van der Waals surface area contributed by atoms with Gasteiger partial charge in [0.2, 0.25) is 0 Å². The van der Waals surface area contributed by atoms with Crippen molar-refractivity contribution in [2.24, 2.45) is 0 Å². The van der Waals surface area contributed by atoms with Gasteiger partial charge in [-0.1, -0.05) is 0 Å². The van der Waals surface area contributed by atoms with E-state index in [4.69, 9.17) is 9.15 Å². The predicted octanol–water partition coefficient (Wildman–Crippen LogP) is 0.920. The lowest BCUT2D eigenvalue weighted by Gasteiger charge is -2.37. The summed E-state index contributed by atoms with van der Waals surface area (Å²) in [5.41, 5.74) is -0.0701. The number of furan rings is 1. The van der Waals surface area contributed by atoms with Crippen LogP contribution in [-0.4, -0.2) is 37.2 Å². The Labute approximate surface area is 106 Å². The maximum atomic E-state index is 11.9. The van der Waals surface area contributed by atoms with Gasteiger partial charge < -0.3 is 19.8 Å². The lowest BCUT2D eigenvalue weighted by molar-refractivity contribution is -0.0732. The molecule has 1 aromatic rings. The summed E-state index contributed by atoms with van der Waals surface area (Å²) in [5.74, 6) is 0.244. The van der Waals surface area contributed by atoms with Crippen LogP contribution in [0.15, 0.2) is 22.8 Å². The minimum atomic E-state index is -0.131. The van der Waals surface area contributed by atoms with E-state index in [0.29, 0.717) is 12.4 Å². The standard InChI is InChI=1S/C13H18N2O3/c16-12(11-2-1-6-17-11)15-10-3-7-18-13(8-10)4-5-14-9-13/h1-2,6,10,14H,3-5,7-9H2,(H,15,16)/t10-,13-/m1/s1. The van der Waals surface area contributed by atoms with Crippen molar-refractivity contribution in [3.8, 4) is 0 Å². The molecule has 5 heteroatoms. The first-order chi connectivity index (χ1) is 8.77. The van der Waals surface area contributed by atoms with Gasteiger partial charge in [0.15, 0.2) is 5.76 Å². The fourth-order valence-electron chi connectivity index (χ4n) is 2.83. The van der Waals surface area contributed by atoms with Gasteiger partial charge in [0.25, 0.3) is 5.91 Å². The van der Waals surface area contributed by atoms with Gasteiger partial charge in [-0.05, 0) is 37.9 Å². The number of nitrogens with one attached hydrogen (secondary N) is 2. The highest BCUT2D eigenvalue weighted by Crippen LogP contribution is 2.30. The van der Waals surface area contributed by atoms with Crippen LogP contribution in [0, 0.1) is 0 Å². The molecule has 2 fully saturated rings. The Hall–Kier alpha value is -1.33. The smallest absolute Gasteiger partial charge is 0.287 e. The molecule has 3 heterocycles. The molecule has 0 aliphatic carbocycles. The van der Waals surface area contributed by atoms with Crippen molar-refractivity contribution >= 4 is 5.91 Å². The third-order valence-electron chi connectivity index (χ3n) is 3.78. The first-order valence-electron chi connectivity index (χ1n) is 6.47. The average molecular weight is 250 g/mol. The largest absolute Gasteiger partial charge is 0.459 e. The van der Waals surface area contributed by atoms with Gasteiger partial charge >= 0.3 is 0 Å². The summed E-state index contributed by atoms with van der Waals surface area (Å²) in [6.45, 7) is 2.60. The lowest BCUT2D eigenvalue weighted by Crippen LogP contribution is -2.49. The molecule has 0 unspecified atom stereocenters. The van der Waals surface area contributed by atoms with Crippen LogP contribution in [0.1, 0.15) is 29.8 Å². The van der Waals surface area contributed by atoms with Crippen LogP contribution < -0.4 is 10.6 Å². The number of amides is 1. The zero-order valence-corrected chi connectivity index (χ0v) is 10.3. The molecule has 5 nitrogen and oxygen atoms in total. The Morgan fingerprint density at radius 3 is 3.22 bits per heavy atom. The second-order valence-corrected chi connectivity index (χ2v) is 5.10. The molecular weight excluding hydrogens is 232 g/mol. The summed E-state index contributed by atoms with van der Waals surface area (Å²) in [5, 5.41) is 6.36. The summed E-state index contributed by atoms with van der Waals surface area (Å²) in [4.78, 5) is 11.9. The van der Waals surface area contributed by atoms with E-state index in [1.807, 2.05) is 0 Å². The molecule has 0 saturated carbocycles. The zero-order valence-electron chi connectivity index (χ0n) is 10.3. The summed E-state index contributed by atoms with van der Waals surface area (Å²) < 4.78 is 11.0. The van der Waals surface area contributed by atoms with Crippen molar-refractivity contribution in [2.75, 3.05) is 19.7 Å². The van der Waals surface area contributed by atoms with E-state index in [9.17, 15) is 4.79 Å². The van der Waals surface area contributed by atoms with E-state index in [1.54, 1.807) is 12.1 Å². The van der Waals surface area contributed by atoms with Gasteiger partial charge in [-0.25, -0.2) is 0 Å². The number of rotatable bonds is 2. The van der Waals surface area contributed by atoms with E-state index in [0.717, 1.165) is 32.4 Å². The van der Waals surface area contributed by atoms with Crippen molar-refractivity contribution < 1.29 is 13.9 Å². The van der Waals surface area contributed by atoms with Gasteiger partial charge in [-0.2, -0.15) is 0 Å². The van der Waals surface area contributed by atoms with Crippen LogP contribution in [0.3, 0.4) is 0 Å². The molecule has 0 aromatic carbocycles. The third-order valence-corrected chi connectivity index (χ3v) is 3.78. The van der Waals surface area contributed by atoms with E-state index >= 15 is 0 Å². The molecule has 0 radical (unpaired) electrons. The van der Waals surface area contributed by atoms with Gasteiger partial charge in [-0.3, -0.25) is 4.79 Å². The quantitative estimate of drug-likeness (QED) is 0.819. The molecule has 3 rings (SSSR count). The molecule has 98 valence electrons. The molecule has 1 spiro atoms. The Balaban J connectivity index is 1.61. The van der Waals surface area contributed by atoms with E-state index in [1.165, 1.54) is 6.26 Å². The minimum absolute atomic E-state index is 0.0701. The van der Waals surface area contributed by atoms with E-state index in [2.05, 4.69) is 10.6 Å². The first-order valence-corrected chi connectivity index (χ1v) is 6.47. The Kier molecular flexibility index (Phi) is 3.09. The fraction of sp³-hybridized carbons (Fsp3) is 0.615. The van der Waals surface area contributed by atoms with Crippen LogP contribution in [0.4, 0.5) is 0 Å². The molecule has 1 aromatic heterocycles. The first kappa shape index (κ1) is 11.7. The van der Waals surface area contributed by atoms with Gasteiger partial charge in [0.1, 0.15) is 0 Å².